The Bertz CT molecular complexity index is 759. The summed E-state index contributed by atoms with van der Waals surface area (Å²) < 4.78 is 2.33. The van der Waals surface area contributed by atoms with Gasteiger partial charge in [-0.05, 0) is 42.3 Å². The predicted octanol–water partition coefficient (Wildman–Crippen LogP) is 5.23. The van der Waals surface area contributed by atoms with Gasteiger partial charge in [-0.2, -0.15) is 0 Å². The molecule has 1 aromatic heterocycles. The number of fused-ring (bicyclic) bond motifs is 1. The Balaban J connectivity index is 1.83. The fourth-order valence-electron chi connectivity index (χ4n) is 2.91. The first-order valence-electron chi connectivity index (χ1n) is 8.30. The molecular formula is C20H23ClN2. The van der Waals surface area contributed by atoms with Crippen molar-refractivity contribution in [2.75, 3.05) is 6.54 Å². The van der Waals surface area contributed by atoms with Crippen molar-refractivity contribution < 1.29 is 0 Å². The summed E-state index contributed by atoms with van der Waals surface area (Å²) in [6, 6.07) is 16.7. The zero-order valence-electron chi connectivity index (χ0n) is 13.6. The minimum absolute atomic E-state index is 0.784. The van der Waals surface area contributed by atoms with Gasteiger partial charge in [0.1, 0.15) is 0 Å². The van der Waals surface area contributed by atoms with Gasteiger partial charge in [-0.25, -0.2) is 0 Å². The average Bonchev–Trinajstić information content (AvgIpc) is 2.92. The standard InChI is InChI=1S/C20H23ClN2/c1-2-3-12-22-13-17-15-23(20-7-5-4-6-19(17)20)14-16-8-10-18(21)11-9-16/h4-11,15,22H,2-3,12-14H2,1H3. The summed E-state index contributed by atoms with van der Waals surface area (Å²) in [5.74, 6) is 0. The highest BCUT2D eigenvalue weighted by Crippen LogP contribution is 2.22. The van der Waals surface area contributed by atoms with Crippen molar-refractivity contribution in [3.63, 3.8) is 0 Å². The number of hydrogen-bond acceptors (Lipinski definition) is 1. The van der Waals surface area contributed by atoms with Gasteiger partial charge in [0.2, 0.25) is 0 Å². The van der Waals surface area contributed by atoms with Crippen LogP contribution in [0.1, 0.15) is 30.9 Å². The lowest BCUT2D eigenvalue weighted by Gasteiger charge is -2.05. The molecule has 23 heavy (non-hydrogen) atoms. The average molecular weight is 327 g/mol. The van der Waals surface area contributed by atoms with Crippen LogP contribution in [0.5, 0.6) is 0 Å². The molecular weight excluding hydrogens is 304 g/mol. The normalized spacial score (nSPS) is 11.2. The van der Waals surface area contributed by atoms with Gasteiger partial charge in [0.05, 0.1) is 0 Å². The van der Waals surface area contributed by atoms with E-state index >= 15 is 0 Å². The molecule has 0 aliphatic rings. The van der Waals surface area contributed by atoms with E-state index in [2.05, 4.69) is 59.4 Å². The highest BCUT2D eigenvalue weighted by Gasteiger charge is 2.08. The predicted molar refractivity (Wildman–Crippen MR) is 99.1 cm³/mol. The fourth-order valence-corrected chi connectivity index (χ4v) is 3.03. The Hall–Kier alpha value is -1.77. The van der Waals surface area contributed by atoms with Gasteiger partial charge in [0.15, 0.2) is 0 Å². The first-order chi connectivity index (χ1) is 11.3. The maximum absolute atomic E-state index is 5.98. The first-order valence-corrected chi connectivity index (χ1v) is 8.67. The number of para-hydroxylation sites is 1. The lowest BCUT2D eigenvalue weighted by molar-refractivity contribution is 0.641. The summed E-state index contributed by atoms with van der Waals surface area (Å²) in [6.45, 7) is 5.09. The van der Waals surface area contributed by atoms with Crippen molar-refractivity contribution in [2.45, 2.75) is 32.9 Å². The number of nitrogens with zero attached hydrogens (tertiary/aromatic N) is 1. The molecule has 120 valence electrons. The van der Waals surface area contributed by atoms with Gasteiger partial charge in [-0.3, -0.25) is 0 Å². The summed E-state index contributed by atoms with van der Waals surface area (Å²) in [6.07, 6.45) is 4.73. The molecule has 1 N–H and O–H groups in total. The third-order valence-electron chi connectivity index (χ3n) is 4.16. The van der Waals surface area contributed by atoms with Crippen LogP contribution in [0.15, 0.2) is 54.7 Å². The van der Waals surface area contributed by atoms with Crippen LogP contribution in [0.4, 0.5) is 0 Å². The van der Waals surface area contributed by atoms with Crippen molar-refractivity contribution in [1.82, 2.24) is 9.88 Å². The molecule has 0 atom stereocenters. The third kappa shape index (κ3) is 3.95. The Morgan fingerprint density at radius 3 is 2.61 bits per heavy atom. The zero-order chi connectivity index (χ0) is 16.1. The maximum atomic E-state index is 5.98. The Morgan fingerprint density at radius 2 is 1.83 bits per heavy atom. The molecule has 0 aliphatic heterocycles. The van der Waals surface area contributed by atoms with E-state index in [-0.39, 0.29) is 0 Å². The van der Waals surface area contributed by atoms with E-state index in [1.807, 2.05) is 12.1 Å². The molecule has 3 rings (SSSR count). The van der Waals surface area contributed by atoms with E-state index in [1.165, 1.54) is 34.9 Å². The number of halogens is 1. The molecule has 2 nitrogen and oxygen atoms in total. The molecule has 0 saturated heterocycles. The van der Waals surface area contributed by atoms with Gasteiger partial charge >= 0.3 is 0 Å². The minimum atomic E-state index is 0.784. The molecule has 0 radical (unpaired) electrons. The molecule has 2 aromatic carbocycles. The maximum Gasteiger partial charge on any atom is 0.0486 e. The third-order valence-corrected chi connectivity index (χ3v) is 4.41. The number of hydrogen-bond donors (Lipinski definition) is 1. The largest absolute Gasteiger partial charge is 0.343 e. The van der Waals surface area contributed by atoms with Crippen molar-refractivity contribution >= 4 is 22.5 Å². The lowest BCUT2D eigenvalue weighted by Crippen LogP contribution is -2.14. The molecule has 3 aromatic rings. The van der Waals surface area contributed by atoms with E-state index in [1.54, 1.807) is 0 Å². The van der Waals surface area contributed by atoms with Crippen molar-refractivity contribution in [3.05, 3.63) is 70.9 Å². The second-order valence-corrected chi connectivity index (χ2v) is 6.39. The summed E-state index contributed by atoms with van der Waals surface area (Å²) in [4.78, 5) is 0. The van der Waals surface area contributed by atoms with Gasteiger partial charge < -0.3 is 9.88 Å². The van der Waals surface area contributed by atoms with Gasteiger partial charge in [-0.1, -0.05) is 55.3 Å². The van der Waals surface area contributed by atoms with Crippen LogP contribution in [0, 0.1) is 0 Å². The summed E-state index contributed by atoms with van der Waals surface area (Å²) in [7, 11) is 0. The Labute approximate surface area is 143 Å². The van der Waals surface area contributed by atoms with E-state index in [0.717, 1.165) is 24.7 Å². The van der Waals surface area contributed by atoms with E-state index in [9.17, 15) is 0 Å². The smallest absolute Gasteiger partial charge is 0.0486 e. The van der Waals surface area contributed by atoms with Gasteiger partial charge in [0.25, 0.3) is 0 Å². The SMILES string of the molecule is CCCCNCc1cn(Cc2ccc(Cl)cc2)c2ccccc12. The Kier molecular flexibility index (Phi) is 5.37. The molecule has 3 heteroatoms. The molecule has 0 bridgehead atoms. The zero-order valence-corrected chi connectivity index (χ0v) is 14.3. The van der Waals surface area contributed by atoms with Crippen molar-refractivity contribution in [2.24, 2.45) is 0 Å². The molecule has 0 fully saturated rings. The number of unbranched alkanes of at least 4 members (excludes halogenated alkanes) is 1. The van der Waals surface area contributed by atoms with Crippen LogP contribution in [0.25, 0.3) is 10.9 Å². The summed E-state index contributed by atoms with van der Waals surface area (Å²) in [5, 5.41) is 5.67. The molecule has 0 unspecified atom stereocenters. The van der Waals surface area contributed by atoms with E-state index in [4.69, 9.17) is 11.6 Å². The summed E-state index contributed by atoms with van der Waals surface area (Å²) >= 11 is 5.98. The molecule has 1 heterocycles. The van der Waals surface area contributed by atoms with E-state index < -0.39 is 0 Å². The molecule has 0 amide bonds. The van der Waals surface area contributed by atoms with Crippen LogP contribution >= 0.6 is 11.6 Å². The Morgan fingerprint density at radius 1 is 1.04 bits per heavy atom. The van der Waals surface area contributed by atoms with Crippen molar-refractivity contribution in [3.8, 4) is 0 Å². The number of aromatic nitrogens is 1. The van der Waals surface area contributed by atoms with Crippen LogP contribution in [-0.4, -0.2) is 11.1 Å². The van der Waals surface area contributed by atoms with Crippen LogP contribution in [-0.2, 0) is 13.1 Å². The first kappa shape index (κ1) is 16.1. The second-order valence-electron chi connectivity index (χ2n) is 5.96. The number of rotatable bonds is 7. The van der Waals surface area contributed by atoms with Gasteiger partial charge in [-0.15, -0.1) is 0 Å². The van der Waals surface area contributed by atoms with Crippen molar-refractivity contribution in [1.29, 1.82) is 0 Å². The minimum Gasteiger partial charge on any atom is -0.343 e. The van der Waals surface area contributed by atoms with Crippen LogP contribution in [0.2, 0.25) is 5.02 Å². The quantitative estimate of drug-likeness (QED) is 0.588. The fraction of sp³-hybridized carbons (Fsp3) is 0.300. The topological polar surface area (TPSA) is 17.0 Å². The van der Waals surface area contributed by atoms with Gasteiger partial charge in [0, 0.05) is 35.2 Å². The molecule has 0 saturated carbocycles. The number of benzene rings is 2. The van der Waals surface area contributed by atoms with Crippen LogP contribution < -0.4 is 5.32 Å². The summed E-state index contributed by atoms with van der Waals surface area (Å²) in [5.41, 5.74) is 3.92. The van der Waals surface area contributed by atoms with Crippen LogP contribution in [0.3, 0.4) is 0 Å². The second kappa shape index (κ2) is 7.67. The lowest BCUT2D eigenvalue weighted by atomic mass is 10.2. The monoisotopic (exact) mass is 326 g/mol. The highest BCUT2D eigenvalue weighted by atomic mass is 35.5. The molecule has 0 spiro atoms. The highest BCUT2D eigenvalue weighted by molar-refractivity contribution is 6.30. The number of nitrogens with one attached hydrogen (secondary N) is 1. The van der Waals surface area contributed by atoms with E-state index in [0.29, 0.717) is 0 Å². The molecule has 0 aliphatic carbocycles.